The molecule has 0 atom stereocenters. The summed E-state index contributed by atoms with van der Waals surface area (Å²) in [4.78, 5) is 16.8. The van der Waals surface area contributed by atoms with Crippen molar-refractivity contribution in [3.8, 4) is 17.2 Å². The number of fused-ring (bicyclic) bond motifs is 1. The molecule has 1 aromatic heterocycles. The molecule has 3 aromatic rings. The number of amides is 1. The monoisotopic (exact) mass is 450 g/mol. The number of carbonyl (C=O) groups is 1. The molecule has 2 aromatic carbocycles. The van der Waals surface area contributed by atoms with E-state index in [1.165, 1.54) is 30.6 Å². The summed E-state index contributed by atoms with van der Waals surface area (Å²) in [6, 6.07) is 9.72. The fourth-order valence-corrected chi connectivity index (χ4v) is 5.02. The fourth-order valence-electron chi connectivity index (χ4n) is 2.81. The molecule has 0 unspecified atom stereocenters. The second-order valence-corrected chi connectivity index (χ2v) is 9.48. The lowest BCUT2D eigenvalue weighted by atomic mass is 10.3. The van der Waals surface area contributed by atoms with Gasteiger partial charge in [0, 0.05) is 18.6 Å². The number of aromatic nitrogens is 1. The van der Waals surface area contributed by atoms with Gasteiger partial charge in [0.25, 0.3) is 0 Å². The van der Waals surface area contributed by atoms with Crippen LogP contribution in [-0.4, -0.2) is 46.4 Å². The highest BCUT2D eigenvalue weighted by Gasteiger charge is 2.16. The van der Waals surface area contributed by atoms with Crippen molar-refractivity contribution in [3.05, 3.63) is 36.4 Å². The molecule has 0 radical (unpaired) electrons. The van der Waals surface area contributed by atoms with Crippen LogP contribution < -0.4 is 19.5 Å². The SMILES string of the molecule is COc1ccc(S(=O)(=O)CCCC(=O)Nc2nc3cc(OC)c(OC)cc3s2)cc1. The predicted molar refractivity (Wildman–Crippen MR) is 116 cm³/mol. The standard InChI is InChI=1S/C20H22N2O6S2/c1-26-13-6-8-14(9-7-13)30(24,25)10-4-5-19(23)22-20-21-15-11-16(27-2)17(28-3)12-18(15)29-20/h6-9,11-12H,4-5,10H2,1-3H3,(H,21,22,23). The Morgan fingerprint density at radius 2 is 1.70 bits per heavy atom. The Kier molecular flexibility index (Phi) is 6.78. The summed E-state index contributed by atoms with van der Waals surface area (Å²) in [5.74, 6) is 1.30. The lowest BCUT2D eigenvalue weighted by molar-refractivity contribution is -0.116. The van der Waals surface area contributed by atoms with Crippen LogP contribution in [0, 0.1) is 0 Å². The van der Waals surface area contributed by atoms with Gasteiger partial charge < -0.3 is 19.5 Å². The number of carbonyl (C=O) groups excluding carboxylic acids is 1. The van der Waals surface area contributed by atoms with Crippen LogP contribution in [0.3, 0.4) is 0 Å². The zero-order valence-corrected chi connectivity index (χ0v) is 18.4. The van der Waals surface area contributed by atoms with E-state index in [9.17, 15) is 13.2 Å². The molecule has 0 saturated heterocycles. The summed E-state index contributed by atoms with van der Waals surface area (Å²) in [5, 5.41) is 3.16. The number of hydrogen-bond acceptors (Lipinski definition) is 8. The van der Waals surface area contributed by atoms with E-state index in [1.807, 2.05) is 0 Å². The first-order valence-corrected chi connectivity index (χ1v) is 11.5. The highest BCUT2D eigenvalue weighted by molar-refractivity contribution is 7.91. The van der Waals surface area contributed by atoms with Crippen LogP contribution in [0.5, 0.6) is 17.2 Å². The van der Waals surface area contributed by atoms with E-state index >= 15 is 0 Å². The van der Waals surface area contributed by atoms with Gasteiger partial charge in [-0.1, -0.05) is 11.3 Å². The highest BCUT2D eigenvalue weighted by Crippen LogP contribution is 2.36. The minimum atomic E-state index is -3.47. The molecule has 160 valence electrons. The Bertz CT molecular complexity index is 1100. The number of anilines is 1. The Hall–Kier alpha value is -2.85. The zero-order valence-electron chi connectivity index (χ0n) is 16.8. The van der Waals surface area contributed by atoms with E-state index in [1.54, 1.807) is 38.5 Å². The lowest BCUT2D eigenvalue weighted by Gasteiger charge is -2.06. The van der Waals surface area contributed by atoms with E-state index < -0.39 is 9.84 Å². The largest absolute Gasteiger partial charge is 0.497 e. The maximum atomic E-state index is 12.4. The number of benzene rings is 2. The second kappa shape index (κ2) is 9.31. The van der Waals surface area contributed by atoms with Crippen LogP contribution in [0.1, 0.15) is 12.8 Å². The average Bonchev–Trinajstić information content (AvgIpc) is 3.13. The molecule has 0 fully saturated rings. The third kappa shape index (κ3) is 5.00. The van der Waals surface area contributed by atoms with Gasteiger partial charge in [-0.2, -0.15) is 0 Å². The van der Waals surface area contributed by atoms with Crippen molar-refractivity contribution in [2.75, 3.05) is 32.4 Å². The molecule has 0 aliphatic heterocycles. The number of methoxy groups -OCH3 is 3. The number of nitrogens with zero attached hydrogens (tertiary/aromatic N) is 1. The van der Waals surface area contributed by atoms with E-state index in [4.69, 9.17) is 14.2 Å². The van der Waals surface area contributed by atoms with Crippen molar-refractivity contribution in [2.45, 2.75) is 17.7 Å². The molecule has 0 bridgehead atoms. The number of sulfone groups is 1. The Balaban J connectivity index is 1.59. The molecule has 1 N–H and O–H groups in total. The fraction of sp³-hybridized carbons (Fsp3) is 0.300. The molecule has 1 amide bonds. The topological polar surface area (TPSA) is 104 Å². The minimum absolute atomic E-state index is 0.0674. The molecule has 1 heterocycles. The van der Waals surface area contributed by atoms with E-state index in [-0.39, 0.29) is 29.4 Å². The molecular weight excluding hydrogens is 428 g/mol. The van der Waals surface area contributed by atoms with Gasteiger partial charge in [-0.3, -0.25) is 4.79 Å². The highest BCUT2D eigenvalue weighted by atomic mass is 32.2. The quantitative estimate of drug-likeness (QED) is 0.532. The average molecular weight is 451 g/mol. The van der Waals surface area contributed by atoms with Crippen LogP contribution in [0.25, 0.3) is 10.2 Å². The maximum Gasteiger partial charge on any atom is 0.226 e. The number of thiazole rings is 1. The van der Waals surface area contributed by atoms with Gasteiger partial charge in [-0.05, 0) is 30.7 Å². The van der Waals surface area contributed by atoms with Crippen molar-refractivity contribution in [1.29, 1.82) is 0 Å². The molecule has 30 heavy (non-hydrogen) atoms. The Morgan fingerprint density at radius 1 is 1.03 bits per heavy atom. The van der Waals surface area contributed by atoms with Gasteiger partial charge in [0.05, 0.1) is 42.2 Å². The summed E-state index contributed by atoms with van der Waals surface area (Å²) in [6.45, 7) is 0. The van der Waals surface area contributed by atoms with Gasteiger partial charge in [0.2, 0.25) is 5.91 Å². The van der Waals surface area contributed by atoms with Crippen molar-refractivity contribution < 1.29 is 27.4 Å². The second-order valence-electron chi connectivity index (χ2n) is 6.34. The Morgan fingerprint density at radius 3 is 2.33 bits per heavy atom. The van der Waals surface area contributed by atoms with Crippen molar-refractivity contribution in [3.63, 3.8) is 0 Å². The van der Waals surface area contributed by atoms with Crippen molar-refractivity contribution in [1.82, 2.24) is 4.98 Å². The van der Waals surface area contributed by atoms with Gasteiger partial charge in [-0.15, -0.1) is 0 Å². The van der Waals surface area contributed by atoms with Gasteiger partial charge >= 0.3 is 0 Å². The summed E-state index contributed by atoms with van der Waals surface area (Å²) < 4.78 is 41.2. The lowest BCUT2D eigenvalue weighted by Crippen LogP contribution is -2.14. The maximum absolute atomic E-state index is 12.4. The van der Waals surface area contributed by atoms with Crippen molar-refractivity contribution >= 4 is 42.4 Å². The normalized spacial score (nSPS) is 11.3. The van der Waals surface area contributed by atoms with E-state index in [0.29, 0.717) is 27.9 Å². The van der Waals surface area contributed by atoms with Crippen molar-refractivity contribution in [2.24, 2.45) is 0 Å². The summed E-state index contributed by atoms with van der Waals surface area (Å²) >= 11 is 1.30. The molecule has 0 aliphatic rings. The number of rotatable bonds is 9. The molecule has 10 heteroatoms. The smallest absolute Gasteiger partial charge is 0.226 e. The molecule has 8 nitrogen and oxygen atoms in total. The van der Waals surface area contributed by atoms with Gasteiger partial charge in [0.1, 0.15) is 5.75 Å². The first-order chi connectivity index (χ1) is 14.4. The van der Waals surface area contributed by atoms with E-state index in [0.717, 1.165) is 4.70 Å². The molecule has 0 aliphatic carbocycles. The summed E-state index contributed by atoms with van der Waals surface area (Å²) in [7, 11) is 1.14. The van der Waals surface area contributed by atoms with Crippen LogP contribution in [0.4, 0.5) is 5.13 Å². The van der Waals surface area contributed by atoms with Gasteiger partial charge in [-0.25, -0.2) is 13.4 Å². The third-order valence-corrected chi connectivity index (χ3v) is 7.13. The third-order valence-electron chi connectivity index (χ3n) is 4.38. The first kappa shape index (κ1) is 21.8. The predicted octanol–water partition coefficient (Wildman–Crippen LogP) is 3.51. The van der Waals surface area contributed by atoms with Crippen LogP contribution in [0.15, 0.2) is 41.3 Å². The summed E-state index contributed by atoms with van der Waals surface area (Å²) in [6.07, 6.45) is 0.269. The minimum Gasteiger partial charge on any atom is -0.497 e. The number of hydrogen-bond donors (Lipinski definition) is 1. The molecule has 0 saturated carbocycles. The Labute approximate surface area is 178 Å². The van der Waals surface area contributed by atoms with Crippen LogP contribution >= 0.6 is 11.3 Å². The zero-order chi connectivity index (χ0) is 21.7. The van der Waals surface area contributed by atoms with Crippen LogP contribution in [0.2, 0.25) is 0 Å². The van der Waals surface area contributed by atoms with E-state index in [2.05, 4.69) is 10.3 Å². The number of ether oxygens (including phenoxy) is 3. The number of nitrogens with one attached hydrogen (secondary N) is 1. The molecule has 3 rings (SSSR count). The van der Waals surface area contributed by atoms with Gasteiger partial charge in [0.15, 0.2) is 26.5 Å². The molecular formula is C20H22N2O6S2. The summed E-state index contributed by atoms with van der Waals surface area (Å²) in [5.41, 5.74) is 0.676. The van der Waals surface area contributed by atoms with Crippen LogP contribution in [-0.2, 0) is 14.6 Å². The first-order valence-electron chi connectivity index (χ1n) is 9.05. The molecule has 0 spiro atoms.